The molecule has 1 saturated heterocycles. The lowest BCUT2D eigenvalue weighted by molar-refractivity contribution is 0.322. The van der Waals surface area contributed by atoms with Gasteiger partial charge < -0.3 is 9.32 Å². The summed E-state index contributed by atoms with van der Waals surface area (Å²) >= 11 is 1.49. The van der Waals surface area contributed by atoms with Crippen LogP contribution in [0.2, 0.25) is 0 Å². The monoisotopic (exact) mass is 291 g/mol. The molecule has 2 aromatic heterocycles. The molecule has 0 bridgehead atoms. The highest BCUT2D eigenvalue weighted by atomic mass is 32.1. The first-order chi connectivity index (χ1) is 9.67. The minimum absolute atomic E-state index is 0.298. The van der Waals surface area contributed by atoms with E-state index >= 15 is 0 Å². The molecule has 5 heteroatoms. The molecule has 1 fully saturated rings. The summed E-state index contributed by atoms with van der Waals surface area (Å²) < 4.78 is 10.3. The lowest BCUT2D eigenvalue weighted by Crippen LogP contribution is -2.36. The normalized spacial score (nSPS) is 23.2. The maximum absolute atomic E-state index is 5.99. The number of piperidine rings is 1. The lowest BCUT2D eigenvalue weighted by Gasteiger charge is -2.37. The number of anilines is 1. The van der Waals surface area contributed by atoms with Crippen molar-refractivity contribution in [2.45, 2.75) is 46.1 Å². The van der Waals surface area contributed by atoms with E-state index in [0.29, 0.717) is 6.04 Å². The number of nitrogens with zero attached hydrogens (tertiary/aromatic N) is 3. The van der Waals surface area contributed by atoms with Gasteiger partial charge >= 0.3 is 0 Å². The minimum atomic E-state index is 0.298. The van der Waals surface area contributed by atoms with Gasteiger partial charge in [-0.25, -0.2) is 4.98 Å². The Morgan fingerprint density at radius 1 is 1.45 bits per heavy atom. The molecule has 0 radical (unpaired) electrons. The molecule has 0 amide bonds. The van der Waals surface area contributed by atoms with Gasteiger partial charge in [-0.15, -0.1) is 0 Å². The van der Waals surface area contributed by atoms with E-state index in [1.807, 2.05) is 6.92 Å². The number of rotatable bonds is 3. The largest absolute Gasteiger partial charge is 0.464 e. The second-order valence-corrected chi connectivity index (χ2v) is 6.35. The van der Waals surface area contributed by atoms with Crippen LogP contribution in [-0.2, 0) is 6.42 Å². The molecular weight excluding hydrogens is 270 g/mol. The van der Waals surface area contributed by atoms with Gasteiger partial charge in [0.1, 0.15) is 17.3 Å². The Morgan fingerprint density at radius 3 is 2.95 bits per heavy atom. The summed E-state index contributed by atoms with van der Waals surface area (Å²) in [5.74, 6) is 3.71. The highest BCUT2D eigenvalue weighted by Gasteiger charge is 2.31. The maximum Gasteiger partial charge on any atom is 0.205 e. The SMILES string of the molecule is CCc1ccc(C2CC(C)CCN2c2nc(C)ns2)o1. The predicted octanol–water partition coefficient (Wildman–Crippen LogP) is 3.98. The van der Waals surface area contributed by atoms with E-state index in [9.17, 15) is 0 Å². The quantitative estimate of drug-likeness (QED) is 0.858. The molecular formula is C15H21N3OS. The van der Waals surface area contributed by atoms with Gasteiger partial charge in [-0.2, -0.15) is 4.37 Å². The Hall–Kier alpha value is -1.36. The van der Waals surface area contributed by atoms with E-state index in [1.165, 1.54) is 18.0 Å². The van der Waals surface area contributed by atoms with E-state index in [0.717, 1.165) is 47.8 Å². The molecule has 0 aliphatic carbocycles. The summed E-state index contributed by atoms with van der Waals surface area (Å²) in [4.78, 5) is 6.92. The highest BCUT2D eigenvalue weighted by Crippen LogP contribution is 2.38. The number of aromatic nitrogens is 2. The van der Waals surface area contributed by atoms with Gasteiger partial charge in [-0.3, -0.25) is 0 Å². The van der Waals surface area contributed by atoms with Crippen molar-refractivity contribution in [1.29, 1.82) is 0 Å². The van der Waals surface area contributed by atoms with Crippen molar-refractivity contribution in [3.8, 4) is 0 Å². The van der Waals surface area contributed by atoms with Crippen molar-refractivity contribution < 1.29 is 4.42 Å². The van der Waals surface area contributed by atoms with Crippen molar-refractivity contribution in [3.63, 3.8) is 0 Å². The fourth-order valence-corrected chi connectivity index (χ4v) is 3.56. The van der Waals surface area contributed by atoms with Crippen LogP contribution in [0.3, 0.4) is 0 Å². The van der Waals surface area contributed by atoms with Crippen LogP contribution in [0.1, 0.15) is 50.1 Å². The van der Waals surface area contributed by atoms with E-state index in [2.05, 4.69) is 40.2 Å². The topological polar surface area (TPSA) is 42.2 Å². The summed E-state index contributed by atoms with van der Waals surface area (Å²) in [6.45, 7) is 7.42. The van der Waals surface area contributed by atoms with E-state index in [-0.39, 0.29) is 0 Å². The van der Waals surface area contributed by atoms with E-state index in [1.54, 1.807) is 0 Å². The van der Waals surface area contributed by atoms with Crippen LogP contribution >= 0.6 is 11.5 Å². The first-order valence-electron chi connectivity index (χ1n) is 7.33. The summed E-state index contributed by atoms with van der Waals surface area (Å²) in [6.07, 6.45) is 3.27. The zero-order valence-corrected chi connectivity index (χ0v) is 13.1. The molecule has 20 heavy (non-hydrogen) atoms. The van der Waals surface area contributed by atoms with Crippen molar-refractivity contribution in [2.24, 2.45) is 5.92 Å². The van der Waals surface area contributed by atoms with Crippen LogP contribution < -0.4 is 4.90 Å². The number of furan rings is 1. The summed E-state index contributed by atoms with van der Waals surface area (Å²) in [5, 5.41) is 1.02. The zero-order valence-electron chi connectivity index (χ0n) is 12.3. The minimum Gasteiger partial charge on any atom is -0.464 e. The van der Waals surface area contributed by atoms with Gasteiger partial charge in [0.2, 0.25) is 5.13 Å². The first-order valence-corrected chi connectivity index (χ1v) is 8.10. The molecule has 3 rings (SSSR count). The van der Waals surface area contributed by atoms with Gasteiger partial charge in [0, 0.05) is 24.5 Å². The molecule has 4 nitrogen and oxygen atoms in total. The summed E-state index contributed by atoms with van der Waals surface area (Å²) in [7, 11) is 0. The van der Waals surface area contributed by atoms with Crippen molar-refractivity contribution in [1.82, 2.24) is 9.36 Å². The van der Waals surface area contributed by atoms with Crippen molar-refractivity contribution in [3.05, 3.63) is 29.5 Å². The molecule has 1 aliphatic heterocycles. The Labute approximate surface area is 124 Å². The average Bonchev–Trinajstić information content (AvgIpc) is 3.07. The predicted molar refractivity (Wildman–Crippen MR) is 81.2 cm³/mol. The molecule has 2 unspecified atom stereocenters. The van der Waals surface area contributed by atoms with Gasteiger partial charge in [0.05, 0.1) is 6.04 Å². The summed E-state index contributed by atoms with van der Waals surface area (Å²) in [6, 6.07) is 4.52. The third-order valence-electron chi connectivity index (χ3n) is 3.99. The number of aryl methyl sites for hydroxylation is 2. The molecule has 0 aromatic carbocycles. The number of hydrogen-bond acceptors (Lipinski definition) is 5. The molecule has 0 spiro atoms. The molecule has 3 heterocycles. The molecule has 2 atom stereocenters. The average molecular weight is 291 g/mol. The molecule has 0 N–H and O–H groups in total. The van der Waals surface area contributed by atoms with Crippen LogP contribution in [0.5, 0.6) is 0 Å². The van der Waals surface area contributed by atoms with E-state index < -0.39 is 0 Å². The van der Waals surface area contributed by atoms with Crippen LogP contribution in [0.4, 0.5) is 5.13 Å². The fourth-order valence-electron chi connectivity index (χ4n) is 2.81. The second-order valence-electron chi connectivity index (χ2n) is 5.62. The van der Waals surface area contributed by atoms with Gasteiger partial charge in [-0.1, -0.05) is 13.8 Å². The zero-order chi connectivity index (χ0) is 14.1. The van der Waals surface area contributed by atoms with Crippen LogP contribution in [0, 0.1) is 12.8 Å². The Morgan fingerprint density at radius 2 is 2.30 bits per heavy atom. The Kier molecular flexibility index (Phi) is 3.78. The third-order valence-corrected chi connectivity index (χ3v) is 4.83. The van der Waals surface area contributed by atoms with Gasteiger partial charge in [-0.05, 0) is 37.8 Å². The lowest BCUT2D eigenvalue weighted by atomic mass is 9.91. The third kappa shape index (κ3) is 2.59. The van der Waals surface area contributed by atoms with E-state index in [4.69, 9.17) is 4.42 Å². The van der Waals surface area contributed by atoms with Crippen LogP contribution in [0.25, 0.3) is 0 Å². The second kappa shape index (κ2) is 5.56. The fraction of sp³-hybridized carbons (Fsp3) is 0.600. The van der Waals surface area contributed by atoms with Gasteiger partial charge in [0.15, 0.2) is 0 Å². The molecule has 1 aliphatic rings. The van der Waals surface area contributed by atoms with Crippen LogP contribution in [0.15, 0.2) is 16.5 Å². The van der Waals surface area contributed by atoms with Crippen molar-refractivity contribution in [2.75, 3.05) is 11.4 Å². The van der Waals surface area contributed by atoms with Gasteiger partial charge in [0.25, 0.3) is 0 Å². The smallest absolute Gasteiger partial charge is 0.205 e. The Balaban J connectivity index is 1.90. The standard InChI is InChI=1S/C15H21N3OS/c1-4-12-5-6-14(19-12)13-9-10(2)7-8-18(13)15-16-11(3)17-20-15/h5-6,10,13H,4,7-9H2,1-3H3. The molecule has 108 valence electrons. The maximum atomic E-state index is 5.99. The molecule has 0 saturated carbocycles. The highest BCUT2D eigenvalue weighted by molar-refractivity contribution is 7.09. The van der Waals surface area contributed by atoms with Crippen molar-refractivity contribution >= 4 is 16.7 Å². The Bertz CT molecular complexity index is 577. The first kappa shape index (κ1) is 13.6. The summed E-state index contributed by atoms with van der Waals surface area (Å²) in [5.41, 5.74) is 0. The number of hydrogen-bond donors (Lipinski definition) is 0. The molecule has 2 aromatic rings. The van der Waals surface area contributed by atoms with Crippen LogP contribution in [-0.4, -0.2) is 15.9 Å².